The van der Waals surface area contributed by atoms with Crippen LogP contribution in [-0.4, -0.2) is 23.8 Å². The average Bonchev–Trinajstić information content (AvgIpc) is 2.71. The van der Waals surface area contributed by atoms with E-state index in [-0.39, 0.29) is 0 Å². The van der Waals surface area contributed by atoms with Crippen molar-refractivity contribution in [1.29, 1.82) is 0 Å². The van der Waals surface area contributed by atoms with Crippen molar-refractivity contribution in [3.05, 3.63) is 12.2 Å². The highest BCUT2D eigenvalue weighted by Gasteiger charge is 2.19. The number of aliphatic hydroxyl groups excluding tert-OH is 1. The van der Waals surface area contributed by atoms with E-state index in [1.165, 1.54) is 25.7 Å². The van der Waals surface area contributed by atoms with Crippen LogP contribution in [0.1, 0.15) is 46.0 Å². The molecule has 1 aliphatic carbocycles. The standard InChI is InChI=1S/C13H25NO/c1-3-5-6-12(4-2)14-13-8-7-11(9-13)10-15/h7-8,11-15H,3-6,9-10H2,1-2H3/t11-,12?,13+/m0/s1. The maximum Gasteiger partial charge on any atom is 0.0494 e. The summed E-state index contributed by atoms with van der Waals surface area (Å²) in [4.78, 5) is 0. The number of unbranched alkanes of at least 4 members (excludes halogenated alkanes) is 1. The minimum atomic E-state index is 0.292. The van der Waals surface area contributed by atoms with E-state index in [0.717, 1.165) is 6.42 Å². The number of rotatable bonds is 7. The quantitative estimate of drug-likeness (QED) is 0.634. The largest absolute Gasteiger partial charge is 0.396 e. The third kappa shape index (κ3) is 4.35. The van der Waals surface area contributed by atoms with E-state index in [1.54, 1.807) is 0 Å². The highest BCUT2D eigenvalue weighted by Crippen LogP contribution is 2.18. The number of aliphatic hydroxyl groups is 1. The molecule has 0 heterocycles. The van der Waals surface area contributed by atoms with Crippen LogP contribution in [0, 0.1) is 5.92 Å². The molecule has 2 nitrogen and oxygen atoms in total. The molecule has 15 heavy (non-hydrogen) atoms. The van der Waals surface area contributed by atoms with Crippen molar-refractivity contribution in [2.45, 2.75) is 58.0 Å². The molecular formula is C13H25NO. The molecule has 0 saturated carbocycles. The molecule has 0 bridgehead atoms. The first-order valence-electron chi connectivity index (χ1n) is 6.35. The van der Waals surface area contributed by atoms with Gasteiger partial charge < -0.3 is 10.4 Å². The molecule has 0 aromatic rings. The third-order valence-corrected chi connectivity index (χ3v) is 3.26. The maximum absolute atomic E-state index is 9.04. The molecule has 0 saturated heterocycles. The van der Waals surface area contributed by atoms with Crippen LogP contribution < -0.4 is 5.32 Å². The molecule has 0 spiro atoms. The van der Waals surface area contributed by atoms with Crippen LogP contribution in [0.3, 0.4) is 0 Å². The second-order valence-corrected chi connectivity index (χ2v) is 4.58. The van der Waals surface area contributed by atoms with E-state index in [9.17, 15) is 0 Å². The van der Waals surface area contributed by atoms with Gasteiger partial charge in [-0.3, -0.25) is 0 Å². The molecule has 1 unspecified atom stereocenters. The van der Waals surface area contributed by atoms with Crippen LogP contribution in [0.25, 0.3) is 0 Å². The van der Waals surface area contributed by atoms with E-state index in [2.05, 4.69) is 31.3 Å². The normalized spacial score (nSPS) is 27.1. The van der Waals surface area contributed by atoms with E-state index < -0.39 is 0 Å². The van der Waals surface area contributed by atoms with Gasteiger partial charge in [-0.05, 0) is 19.3 Å². The molecule has 0 aromatic carbocycles. The van der Waals surface area contributed by atoms with E-state index in [4.69, 9.17) is 5.11 Å². The lowest BCUT2D eigenvalue weighted by Gasteiger charge is -2.21. The number of nitrogens with one attached hydrogen (secondary N) is 1. The predicted molar refractivity (Wildman–Crippen MR) is 64.9 cm³/mol. The lowest BCUT2D eigenvalue weighted by atomic mass is 10.0. The molecule has 0 aromatic heterocycles. The summed E-state index contributed by atoms with van der Waals surface area (Å²) < 4.78 is 0. The Morgan fingerprint density at radius 1 is 1.40 bits per heavy atom. The molecule has 0 fully saturated rings. The smallest absolute Gasteiger partial charge is 0.0494 e. The Morgan fingerprint density at radius 3 is 2.73 bits per heavy atom. The van der Waals surface area contributed by atoms with Crippen LogP contribution in [0.5, 0.6) is 0 Å². The summed E-state index contributed by atoms with van der Waals surface area (Å²) in [5, 5.41) is 12.7. The lowest BCUT2D eigenvalue weighted by Crippen LogP contribution is -2.36. The molecule has 0 aliphatic heterocycles. The minimum Gasteiger partial charge on any atom is -0.396 e. The summed E-state index contributed by atoms with van der Waals surface area (Å²) in [5.41, 5.74) is 0. The molecule has 0 radical (unpaired) electrons. The highest BCUT2D eigenvalue weighted by molar-refractivity contribution is 5.06. The zero-order chi connectivity index (χ0) is 11.1. The fraction of sp³-hybridized carbons (Fsp3) is 0.846. The van der Waals surface area contributed by atoms with Gasteiger partial charge in [0.1, 0.15) is 0 Å². The SMILES string of the molecule is CCCCC(CC)N[C@@H]1C=C[C@H](CO)C1. The van der Waals surface area contributed by atoms with Crippen LogP contribution in [0.2, 0.25) is 0 Å². The maximum atomic E-state index is 9.04. The molecule has 1 aliphatic rings. The molecule has 88 valence electrons. The first-order valence-corrected chi connectivity index (χ1v) is 6.35. The van der Waals surface area contributed by atoms with Crippen molar-refractivity contribution in [2.24, 2.45) is 5.92 Å². The molecule has 2 heteroatoms. The second kappa shape index (κ2) is 7.02. The zero-order valence-electron chi connectivity index (χ0n) is 10.1. The van der Waals surface area contributed by atoms with Crippen molar-refractivity contribution < 1.29 is 5.11 Å². The van der Waals surface area contributed by atoms with Crippen molar-refractivity contribution in [1.82, 2.24) is 5.32 Å². The summed E-state index contributed by atoms with van der Waals surface area (Å²) in [6.45, 7) is 4.78. The van der Waals surface area contributed by atoms with Crippen LogP contribution in [0.15, 0.2) is 12.2 Å². The van der Waals surface area contributed by atoms with Gasteiger partial charge in [0, 0.05) is 24.6 Å². The average molecular weight is 211 g/mol. The summed E-state index contributed by atoms with van der Waals surface area (Å²) in [6.07, 6.45) is 10.5. The fourth-order valence-corrected chi connectivity index (χ4v) is 2.19. The van der Waals surface area contributed by atoms with Crippen LogP contribution in [0.4, 0.5) is 0 Å². The second-order valence-electron chi connectivity index (χ2n) is 4.58. The molecular weight excluding hydrogens is 186 g/mol. The van der Waals surface area contributed by atoms with E-state index in [1.807, 2.05) is 0 Å². The van der Waals surface area contributed by atoms with Gasteiger partial charge in [0.05, 0.1) is 0 Å². The Bertz CT molecular complexity index is 191. The van der Waals surface area contributed by atoms with Gasteiger partial charge in [0.2, 0.25) is 0 Å². The Morgan fingerprint density at radius 2 is 2.20 bits per heavy atom. The number of hydrogen-bond acceptors (Lipinski definition) is 2. The zero-order valence-corrected chi connectivity index (χ0v) is 10.1. The monoisotopic (exact) mass is 211 g/mol. The third-order valence-electron chi connectivity index (χ3n) is 3.26. The van der Waals surface area contributed by atoms with Crippen molar-refractivity contribution in [2.75, 3.05) is 6.61 Å². The Labute approximate surface area is 93.8 Å². The van der Waals surface area contributed by atoms with Crippen LogP contribution in [-0.2, 0) is 0 Å². The highest BCUT2D eigenvalue weighted by atomic mass is 16.3. The van der Waals surface area contributed by atoms with Gasteiger partial charge in [0.15, 0.2) is 0 Å². The predicted octanol–water partition coefficient (Wildman–Crippen LogP) is 2.48. The summed E-state index contributed by atoms with van der Waals surface area (Å²) in [6, 6.07) is 1.14. The van der Waals surface area contributed by atoms with Gasteiger partial charge >= 0.3 is 0 Å². The Balaban J connectivity index is 2.24. The minimum absolute atomic E-state index is 0.292. The van der Waals surface area contributed by atoms with Gasteiger partial charge in [-0.15, -0.1) is 0 Å². The van der Waals surface area contributed by atoms with Gasteiger partial charge in [-0.25, -0.2) is 0 Å². The first kappa shape index (κ1) is 12.7. The van der Waals surface area contributed by atoms with Gasteiger partial charge in [-0.1, -0.05) is 38.8 Å². The summed E-state index contributed by atoms with van der Waals surface area (Å²) in [7, 11) is 0. The number of hydrogen-bond donors (Lipinski definition) is 2. The van der Waals surface area contributed by atoms with Crippen molar-refractivity contribution >= 4 is 0 Å². The first-order chi connectivity index (χ1) is 7.30. The fourth-order valence-electron chi connectivity index (χ4n) is 2.19. The Kier molecular flexibility index (Phi) is 5.96. The summed E-state index contributed by atoms with van der Waals surface area (Å²) in [5.74, 6) is 0.381. The topological polar surface area (TPSA) is 32.3 Å². The van der Waals surface area contributed by atoms with Gasteiger partial charge in [0.25, 0.3) is 0 Å². The van der Waals surface area contributed by atoms with Crippen LogP contribution >= 0.6 is 0 Å². The molecule has 3 atom stereocenters. The molecule has 1 rings (SSSR count). The summed E-state index contributed by atoms with van der Waals surface area (Å²) >= 11 is 0. The Hall–Kier alpha value is -0.340. The van der Waals surface area contributed by atoms with E-state index in [0.29, 0.717) is 24.6 Å². The molecule has 0 amide bonds. The van der Waals surface area contributed by atoms with E-state index >= 15 is 0 Å². The van der Waals surface area contributed by atoms with Gasteiger partial charge in [-0.2, -0.15) is 0 Å². The lowest BCUT2D eigenvalue weighted by molar-refractivity contribution is 0.243. The molecule has 2 N–H and O–H groups in total. The van der Waals surface area contributed by atoms with Crippen molar-refractivity contribution in [3.8, 4) is 0 Å². The van der Waals surface area contributed by atoms with Crippen molar-refractivity contribution in [3.63, 3.8) is 0 Å².